The highest BCUT2D eigenvalue weighted by Crippen LogP contribution is 2.40. The molecule has 1 N–H and O–H groups in total. The van der Waals surface area contributed by atoms with Crippen LogP contribution in [0.1, 0.15) is 30.5 Å². The number of ether oxygens (including phenoxy) is 1. The first kappa shape index (κ1) is 24.3. The van der Waals surface area contributed by atoms with Crippen molar-refractivity contribution in [2.24, 2.45) is 0 Å². The zero-order valence-electron chi connectivity index (χ0n) is 21.5. The third kappa shape index (κ3) is 4.48. The maximum atomic E-state index is 10.5. The Balaban J connectivity index is 1.48. The van der Waals surface area contributed by atoms with Crippen molar-refractivity contribution in [3.63, 3.8) is 0 Å². The molecule has 2 aromatic carbocycles. The van der Waals surface area contributed by atoms with Crippen LogP contribution in [0, 0.1) is 11.3 Å². The molecule has 37 heavy (non-hydrogen) atoms. The summed E-state index contributed by atoms with van der Waals surface area (Å²) in [6.45, 7) is 10.8. The minimum absolute atomic E-state index is 0.136. The van der Waals surface area contributed by atoms with Crippen LogP contribution in [-0.4, -0.2) is 63.0 Å². The number of nitriles is 1. The fourth-order valence-electron chi connectivity index (χ4n) is 6.18. The maximum absolute atomic E-state index is 10.5. The summed E-state index contributed by atoms with van der Waals surface area (Å²) >= 11 is 6.70. The number of fused-ring (bicyclic) bond motifs is 2. The number of hydrogen-bond donors (Lipinski definition) is 1. The van der Waals surface area contributed by atoms with Crippen molar-refractivity contribution < 1.29 is 4.74 Å². The Labute approximate surface area is 223 Å². The second-order valence-corrected chi connectivity index (χ2v) is 10.8. The van der Waals surface area contributed by atoms with E-state index in [1.165, 1.54) is 5.56 Å². The van der Waals surface area contributed by atoms with Crippen molar-refractivity contribution >= 4 is 39.7 Å². The normalized spacial score (nSPS) is 22.2. The minimum Gasteiger partial charge on any atom is -0.372 e. The van der Waals surface area contributed by atoms with Crippen molar-refractivity contribution in [3.8, 4) is 6.07 Å². The maximum Gasteiger partial charge on any atom is 0.149 e. The van der Waals surface area contributed by atoms with Gasteiger partial charge in [-0.15, -0.1) is 0 Å². The monoisotopic (exact) mass is 516 g/mol. The fraction of sp³-hybridized carbons (Fsp3) is 0.448. The molecule has 0 amide bonds. The fourth-order valence-corrected chi connectivity index (χ4v) is 6.46. The van der Waals surface area contributed by atoms with Gasteiger partial charge in [0.1, 0.15) is 17.7 Å². The summed E-state index contributed by atoms with van der Waals surface area (Å²) in [6, 6.07) is 15.0. The first-order valence-corrected chi connectivity index (χ1v) is 13.7. The Hall–Kier alpha value is -3.05. The number of rotatable bonds is 3. The number of nitrogens with one attached hydrogen (secondary N) is 1. The number of aromatic nitrogens is 1. The predicted molar refractivity (Wildman–Crippen MR) is 150 cm³/mol. The van der Waals surface area contributed by atoms with Crippen LogP contribution in [0.5, 0.6) is 0 Å². The molecule has 2 unspecified atom stereocenters. The largest absolute Gasteiger partial charge is 0.372 e. The van der Waals surface area contributed by atoms with Gasteiger partial charge in [0.05, 0.1) is 22.8 Å². The molecular formula is C29H33ClN6O. The van der Waals surface area contributed by atoms with E-state index in [2.05, 4.69) is 64.2 Å². The SMILES string of the molecule is CC1CN(c2nc(N3CCNCC3)c(C#N)c3c2CCN(c2cccc4cccc(Cl)c24)C3)CC(C)O1. The third-order valence-corrected chi connectivity index (χ3v) is 8.09. The zero-order chi connectivity index (χ0) is 25.5. The van der Waals surface area contributed by atoms with Crippen LogP contribution in [0.25, 0.3) is 10.8 Å². The van der Waals surface area contributed by atoms with Gasteiger partial charge < -0.3 is 24.8 Å². The van der Waals surface area contributed by atoms with Crippen LogP contribution in [0.4, 0.5) is 17.3 Å². The minimum atomic E-state index is 0.136. The van der Waals surface area contributed by atoms with Crippen LogP contribution in [0.2, 0.25) is 5.02 Å². The lowest BCUT2D eigenvalue weighted by Gasteiger charge is -2.41. The Bertz CT molecular complexity index is 1350. The molecule has 0 aliphatic carbocycles. The standard InChI is InChI=1S/C29H33ClN6O/c1-19-16-36(17-20(2)37-19)28-22-9-12-35(26-8-4-6-21-5-3-7-25(30)27(21)26)18-24(22)23(15-31)29(33-28)34-13-10-32-11-14-34/h3-8,19-20,32H,9-14,16-18H2,1-2H3. The topological polar surface area (TPSA) is 67.7 Å². The summed E-state index contributed by atoms with van der Waals surface area (Å²) in [5, 5.41) is 16.8. The molecule has 8 heteroatoms. The highest BCUT2D eigenvalue weighted by molar-refractivity contribution is 6.36. The van der Waals surface area contributed by atoms with E-state index in [4.69, 9.17) is 21.3 Å². The molecule has 3 aliphatic heterocycles. The van der Waals surface area contributed by atoms with Gasteiger partial charge in [-0.3, -0.25) is 0 Å². The smallest absolute Gasteiger partial charge is 0.149 e. The van der Waals surface area contributed by atoms with Gasteiger partial charge in [0.15, 0.2) is 0 Å². The van der Waals surface area contributed by atoms with Crippen molar-refractivity contribution in [3.05, 3.63) is 58.1 Å². The number of benzene rings is 2. The molecule has 3 aromatic rings. The Morgan fingerprint density at radius 1 is 0.946 bits per heavy atom. The van der Waals surface area contributed by atoms with Gasteiger partial charge in [0.25, 0.3) is 0 Å². The van der Waals surface area contributed by atoms with E-state index < -0.39 is 0 Å². The van der Waals surface area contributed by atoms with Gasteiger partial charge in [-0.1, -0.05) is 35.9 Å². The van der Waals surface area contributed by atoms with Gasteiger partial charge in [-0.05, 0) is 43.4 Å². The van der Waals surface area contributed by atoms with Crippen LogP contribution in [0.15, 0.2) is 36.4 Å². The molecule has 6 rings (SSSR count). The molecule has 192 valence electrons. The van der Waals surface area contributed by atoms with Gasteiger partial charge in [-0.25, -0.2) is 4.98 Å². The van der Waals surface area contributed by atoms with Gasteiger partial charge in [-0.2, -0.15) is 5.26 Å². The summed E-state index contributed by atoms with van der Waals surface area (Å²) in [5.41, 5.74) is 4.14. The Morgan fingerprint density at radius 2 is 1.68 bits per heavy atom. The molecule has 0 radical (unpaired) electrons. The number of nitrogens with zero attached hydrogens (tertiary/aromatic N) is 5. The highest BCUT2D eigenvalue weighted by atomic mass is 35.5. The van der Waals surface area contributed by atoms with Crippen molar-refractivity contribution in [2.75, 3.05) is 60.5 Å². The second-order valence-electron chi connectivity index (χ2n) is 10.4. The lowest BCUT2D eigenvalue weighted by Crippen LogP contribution is -2.48. The van der Waals surface area contributed by atoms with Crippen LogP contribution >= 0.6 is 11.6 Å². The number of hydrogen-bond acceptors (Lipinski definition) is 7. The quantitative estimate of drug-likeness (QED) is 0.555. The van der Waals surface area contributed by atoms with E-state index in [0.29, 0.717) is 12.1 Å². The van der Waals surface area contributed by atoms with E-state index in [-0.39, 0.29) is 12.2 Å². The Kier molecular flexibility index (Phi) is 6.58. The highest BCUT2D eigenvalue weighted by Gasteiger charge is 2.33. The zero-order valence-corrected chi connectivity index (χ0v) is 22.3. The summed E-state index contributed by atoms with van der Waals surface area (Å²) in [4.78, 5) is 12.3. The molecule has 7 nitrogen and oxygen atoms in total. The second kappa shape index (κ2) is 10.0. The number of anilines is 3. The van der Waals surface area contributed by atoms with E-state index in [0.717, 1.165) is 90.9 Å². The number of halogens is 1. The predicted octanol–water partition coefficient (Wildman–Crippen LogP) is 4.35. The van der Waals surface area contributed by atoms with Gasteiger partial charge in [0, 0.05) is 69.0 Å². The van der Waals surface area contributed by atoms with Crippen molar-refractivity contribution in [2.45, 2.75) is 39.0 Å². The summed E-state index contributed by atoms with van der Waals surface area (Å²) in [7, 11) is 0. The number of pyridine rings is 1. The van der Waals surface area contributed by atoms with E-state index in [1.807, 2.05) is 12.1 Å². The molecule has 0 spiro atoms. The first-order chi connectivity index (χ1) is 18.0. The lowest BCUT2D eigenvalue weighted by atomic mass is 9.94. The van der Waals surface area contributed by atoms with Crippen LogP contribution in [0.3, 0.4) is 0 Å². The molecule has 2 fully saturated rings. The Morgan fingerprint density at radius 3 is 2.41 bits per heavy atom. The van der Waals surface area contributed by atoms with E-state index in [9.17, 15) is 5.26 Å². The van der Waals surface area contributed by atoms with Gasteiger partial charge >= 0.3 is 0 Å². The van der Waals surface area contributed by atoms with Gasteiger partial charge in [0.2, 0.25) is 0 Å². The van der Waals surface area contributed by atoms with Crippen LogP contribution in [-0.2, 0) is 17.7 Å². The molecule has 0 saturated carbocycles. The number of morpholine rings is 1. The average molecular weight is 517 g/mol. The number of piperazine rings is 1. The first-order valence-electron chi connectivity index (χ1n) is 13.3. The molecule has 2 saturated heterocycles. The lowest BCUT2D eigenvalue weighted by molar-refractivity contribution is -0.00551. The molecule has 4 heterocycles. The molecular weight excluding hydrogens is 484 g/mol. The summed E-state index contributed by atoms with van der Waals surface area (Å²) < 4.78 is 6.04. The molecule has 1 aromatic heterocycles. The summed E-state index contributed by atoms with van der Waals surface area (Å²) in [5.74, 6) is 1.85. The third-order valence-electron chi connectivity index (χ3n) is 7.77. The molecule has 3 aliphatic rings. The average Bonchev–Trinajstić information content (AvgIpc) is 2.91. The summed E-state index contributed by atoms with van der Waals surface area (Å²) in [6.07, 6.45) is 1.10. The van der Waals surface area contributed by atoms with Crippen molar-refractivity contribution in [1.82, 2.24) is 10.3 Å². The molecule has 2 atom stereocenters. The van der Waals surface area contributed by atoms with Crippen molar-refractivity contribution in [1.29, 1.82) is 5.26 Å². The van der Waals surface area contributed by atoms with Crippen LogP contribution < -0.4 is 20.0 Å². The van der Waals surface area contributed by atoms with E-state index >= 15 is 0 Å². The van der Waals surface area contributed by atoms with E-state index in [1.54, 1.807) is 0 Å². The molecule has 0 bridgehead atoms.